The molecule has 1 nitrogen and oxygen atoms in total. The Morgan fingerprint density at radius 1 is 1.14 bits per heavy atom. The summed E-state index contributed by atoms with van der Waals surface area (Å²) in [4.78, 5) is 10.9. The minimum atomic E-state index is 0.107. The smallest absolute Gasteiger partial charge is 0.152 e. The van der Waals surface area contributed by atoms with Crippen molar-refractivity contribution in [3.63, 3.8) is 0 Å². The lowest BCUT2D eigenvalue weighted by molar-refractivity contribution is -0.112. The lowest BCUT2D eigenvalue weighted by Crippen LogP contribution is -2.13. The van der Waals surface area contributed by atoms with E-state index in [-0.39, 0.29) is 11.2 Å². The van der Waals surface area contributed by atoms with Crippen molar-refractivity contribution in [3.8, 4) is 0 Å². The summed E-state index contributed by atoms with van der Waals surface area (Å²) in [6, 6.07) is 0. The van der Waals surface area contributed by atoms with E-state index < -0.39 is 0 Å². The second-order valence-corrected chi connectivity index (χ2v) is 4.60. The molecule has 0 atom stereocenters. The monoisotopic (exact) mass is 194 g/mol. The zero-order valence-corrected chi connectivity index (χ0v) is 10.3. The highest BCUT2D eigenvalue weighted by atomic mass is 16.1. The largest absolute Gasteiger partial charge is 0.295 e. The van der Waals surface area contributed by atoms with E-state index in [1.807, 2.05) is 6.08 Å². The molecule has 0 fully saturated rings. The summed E-state index contributed by atoms with van der Waals surface area (Å²) in [6.45, 7) is 12.4. The Kier molecular flexibility index (Phi) is 4.82. The summed E-state index contributed by atoms with van der Waals surface area (Å²) >= 11 is 0. The number of allylic oxidation sites excluding steroid dienone is 4. The van der Waals surface area contributed by atoms with Gasteiger partial charge in [-0.05, 0) is 44.3 Å². The first kappa shape index (κ1) is 13.2. The van der Waals surface area contributed by atoms with Crippen molar-refractivity contribution in [2.24, 2.45) is 5.41 Å². The Hall–Kier alpha value is -0.850. The third kappa shape index (κ3) is 3.91. The average molecular weight is 194 g/mol. The van der Waals surface area contributed by atoms with E-state index in [9.17, 15) is 4.79 Å². The van der Waals surface area contributed by atoms with Crippen LogP contribution in [-0.4, -0.2) is 5.78 Å². The van der Waals surface area contributed by atoms with Gasteiger partial charge in [-0.15, -0.1) is 0 Å². The fraction of sp³-hybridized carbons (Fsp3) is 0.615. The summed E-state index contributed by atoms with van der Waals surface area (Å²) < 4.78 is 0. The van der Waals surface area contributed by atoms with Gasteiger partial charge >= 0.3 is 0 Å². The van der Waals surface area contributed by atoms with Gasteiger partial charge in [0.25, 0.3) is 0 Å². The van der Waals surface area contributed by atoms with Crippen LogP contribution in [0.15, 0.2) is 23.3 Å². The number of hydrogen-bond acceptors (Lipinski definition) is 1. The molecule has 0 unspecified atom stereocenters. The molecular weight excluding hydrogens is 172 g/mol. The first-order valence-electron chi connectivity index (χ1n) is 5.18. The van der Waals surface area contributed by atoms with Crippen LogP contribution in [0.4, 0.5) is 0 Å². The minimum absolute atomic E-state index is 0.107. The highest BCUT2D eigenvalue weighted by molar-refractivity contribution is 5.87. The van der Waals surface area contributed by atoms with Crippen LogP contribution in [0.5, 0.6) is 0 Å². The third-order valence-electron chi connectivity index (χ3n) is 2.64. The summed E-state index contributed by atoms with van der Waals surface area (Å²) in [5, 5.41) is 0. The zero-order valence-electron chi connectivity index (χ0n) is 10.3. The van der Waals surface area contributed by atoms with E-state index in [0.717, 1.165) is 6.42 Å². The number of carbonyl (C=O) groups excluding carboxylic acids is 1. The standard InChI is InChI=1S/C13H22O/c1-7-13(5,6)12(10(2)3)9-8-11(4)14/h8-9H,7H2,1-6H3/b9-8+. The van der Waals surface area contributed by atoms with Crippen molar-refractivity contribution in [1.29, 1.82) is 0 Å². The first-order chi connectivity index (χ1) is 6.31. The van der Waals surface area contributed by atoms with E-state index >= 15 is 0 Å². The highest BCUT2D eigenvalue weighted by Gasteiger charge is 2.19. The average Bonchev–Trinajstić information content (AvgIpc) is 2.03. The van der Waals surface area contributed by atoms with Gasteiger partial charge in [0, 0.05) is 0 Å². The molecule has 0 N–H and O–H groups in total. The predicted octanol–water partition coefficient (Wildman–Crippen LogP) is 3.90. The summed E-state index contributed by atoms with van der Waals surface area (Å²) in [5.41, 5.74) is 2.72. The Bertz CT molecular complexity index is 263. The summed E-state index contributed by atoms with van der Waals surface area (Å²) in [7, 11) is 0. The van der Waals surface area contributed by atoms with Crippen LogP contribution in [0, 0.1) is 5.41 Å². The molecular formula is C13H22O. The third-order valence-corrected chi connectivity index (χ3v) is 2.64. The molecule has 0 saturated carbocycles. The van der Waals surface area contributed by atoms with Crippen molar-refractivity contribution in [2.75, 3.05) is 0 Å². The maximum absolute atomic E-state index is 10.9. The fourth-order valence-electron chi connectivity index (χ4n) is 1.46. The number of ketones is 1. The number of carbonyl (C=O) groups is 1. The van der Waals surface area contributed by atoms with E-state index in [0.29, 0.717) is 0 Å². The van der Waals surface area contributed by atoms with E-state index in [1.54, 1.807) is 13.0 Å². The molecule has 0 aliphatic rings. The minimum Gasteiger partial charge on any atom is -0.295 e. The second-order valence-electron chi connectivity index (χ2n) is 4.60. The highest BCUT2D eigenvalue weighted by Crippen LogP contribution is 2.32. The molecule has 0 aromatic heterocycles. The number of rotatable bonds is 4. The molecule has 0 aliphatic carbocycles. The fourth-order valence-corrected chi connectivity index (χ4v) is 1.46. The lowest BCUT2D eigenvalue weighted by Gasteiger charge is -2.26. The molecule has 0 bridgehead atoms. The van der Waals surface area contributed by atoms with Crippen molar-refractivity contribution in [2.45, 2.75) is 48.0 Å². The Balaban J connectivity index is 5.01. The summed E-state index contributed by atoms with van der Waals surface area (Å²) in [5.74, 6) is 0.107. The molecule has 14 heavy (non-hydrogen) atoms. The van der Waals surface area contributed by atoms with Gasteiger partial charge in [-0.2, -0.15) is 0 Å². The van der Waals surface area contributed by atoms with Gasteiger partial charge < -0.3 is 0 Å². The molecule has 80 valence electrons. The molecule has 0 aromatic rings. The Morgan fingerprint density at radius 2 is 1.64 bits per heavy atom. The second kappa shape index (κ2) is 5.14. The van der Waals surface area contributed by atoms with Crippen LogP contribution in [0.25, 0.3) is 0 Å². The zero-order chi connectivity index (χ0) is 11.4. The predicted molar refractivity (Wildman–Crippen MR) is 62.3 cm³/mol. The quantitative estimate of drug-likeness (QED) is 0.490. The van der Waals surface area contributed by atoms with E-state index in [4.69, 9.17) is 0 Å². The Morgan fingerprint density at radius 3 is 1.93 bits per heavy atom. The van der Waals surface area contributed by atoms with Gasteiger partial charge in [0.2, 0.25) is 0 Å². The van der Waals surface area contributed by atoms with Crippen LogP contribution in [0.2, 0.25) is 0 Å². The normalized spacial score (nSPS) is 11.9. The SMILES string of the molecule is CCC(C)(C)C(/C=C/C(C)=O)=C(C)C. The Labute approximate surface area is 87.9 Å². The maximum Gasteiger partial charge on any atom is 0.152 e. The van der Waals surface area contributed by atoms with Gasteiger partial charge in [0.1, 0.15) is 0 Å². The molecule has 0 spiro atoms. The van der Waals surface area contributed by atoms with Gasteiger partial charge in [-0.1, -0.05) is 32.4 Å². The molecule has 0 aliphatic heterocycles. The molecule has 0 saturated heterocycles. The van der Waals surface area contributed by atoms with Crippen molar-refractivity contribution < 1.29 is 4.79 Å². The first-order valence-corrected chi connectivity index (χ1v) is 5.18. The molecule has 0 heterocycles. The van der Waals surface area contributed by atoms with Crippen LogP contribution in [0.3, 0.4) is 0 Å². The van der Waals surface area contributed by atoms with Gasteiger partial charge in [-0.3, -0.25) is 4.79 Å². The van der Waals surface area contributed by atoms with Crippen LogP contribution in [0.1, 0.15) is 48.0 Å². The molecule has 0 rings (SSSR count). The molecule has 0 aromatic carbocycles. The number of hydrogen-bond donors (Lipinski definition) is 0. The van der Waals surface area contributed by atoms with Crippen molar-refractivity contribution in [1.82, 2.24) is 0 Å². The topological polar surface area (TPSA) is 17.1 Å². The van der Waals surface area contributed by atoms with E-state index in [2.05, 4.69) is 34.6 Å². The summed E-state index contributed by atoms with van der Waals surface area (Å²) in [6.07, 6.45) is 4.69. The molecule has 0 radical (unpaired) electrons. The lowest BCUT2D eigenvalue weighted by atomic mass is 9.79. The van der Waals surface area contributed by atoms with Gasteiger partial charge in [-0.25, -0.2) is 0 Å². The molecule has 1 heteroatoms. The maximum atomic E-state index is 10.9. The van der Waals surface area contributed by atoms with Gasteiger partial charge in [0.05, 0.1) is 0 Å². The van der Waals surface area contributed by atoms with Crippen LogP contribution >= 0.6 is 0 Å². The molecule has 0 amide bonds. The van der Waals surface area contributed by atoms with Crippen molar-refractivity contribution >= 4 is 5.78 Å². The van der Waals surface area contributed by atoms with Crippen molar-refractivity contribution in [3.05, 3.63) is 23.3 Å². The van der Waals surface area contributed by atoms with Crippen LogP contribution in [-0.2, 0) is 4.79 Å². The van der Waals surface area contributed by atoms with E-state index in [1.165, 1.54) is 11.1 Å². The van der Waals surface area contributed by atoms with Crippen LogP contribution < -0.4 is 0 Å². The van der Waals surface area contributed by atoms with Gasteiger partial charge in [0.15, 0.2) is 5.78 Å².